The standard InChI is InChI=1S/C16H12ClFN2O5S/c1-26-10-3-5-14(20(23)24)11(7-10)16(22)25-8-15(21)19-9-2-4-13(18)12(17)6-9/h2-7H,8H2,1H3,(H,19,21). The number of nitrogens with zero attached hydrogens (tertiary/aromatic N) is 1. The Morgan fingerprint density at radius 2 is 2.04 bits per heavy atom. The van der Waals surface area contributed by atoms with Crippen molar-refractivity contribution < 1.29 is 23.6 Å². The molecule has 26 heavy (non-hydrogen) atoms. The smallest absolute Gasteiger partial charge is 0.345 e. The summed E-state index contributed by atoms with van der Waals surface area (Å²) in [4.78, 5) is 34.9. The van der Waals surface area contributed by atoms with E-state index >= 15 is 0 Å². The van der Waals surface area contributed by atoms with Crippen molar-refractivity contribution in [3.63, 3.8) is 0 Å². The van der Waals surface area contributed by atoms with Gasteiger partial charge in [-0.15, -0.1) is 11.8 Å². The zero-order valence-electron chi connectivity index (χ0n) is 13.3. The average molecular weight is 399 g/mol. The van der Waals surface area contributed by atoms with Crippen molar-refractivity contribution in [1.82, 2.24) is 0 Å². The predicted molar refractivity (Wildman–Crippen MR) is 95.2 cm³/mol. The summed E-state index contributed by atoms with van der Waals surface area (Å²) in [5.74, 6) is -2.35. The van der Waals surface area contributed by atoms with Crippen LogP contribution >= 0.6 is 23.4 Å². The lowest BCUT2D eigenvalue weighted by atomic mass is 10.2. The summed E-state index contributed by atoms with van der Waals surface area (Å²) in [6, 6.07) is 7.58. The van der Waals surface area contributed by atoms with Gasteiger partial charge in [-0.1, -0.05) is 11.6 Å². The quantitative estimate of drug-likeness (QED) is 0.343. The molecule has 0 aliphatic heterocycles. The van der Waals surface area contributed by atoms with Gasteiger partial charge in [-0.3, -0.25) is 14.9 Å². The highest BCUT2D eigenvalue weighted by molar-refractivity contribution is 7.98. The molecule has 2 rings (SSSR count). The van der Waals surface area contributed by atoms with E-state index in [1.165, 1.54) is 42.1 Å². The molecule has 0 radical (unpaired) electrons. The normalized spacial score (nSPS) is 10.3. The number of ether oxygens (including phenoxy) is 1. The van der Waals surface area contributed by atoms with Crippen LogP contribution in [0.25, 0.3) is 0 Å². The Hall–Kier alpha value is -2.65. The predicted octanol–water partition coefficient (Wildman–Crippen LogP) is 3.90. The average Bonchev–Trinajstić information content (AvgIpc) is 2.62. The second kappa shape index (κ2) is 8.63. The monoisotopic (exact) mass is 398 g/mol. The van der Waals surface area contributed by atoms with Crippen molar-refractivity contribution in [2.75, 3.05) is 18.2 Å². The lowest BCUT2D eigenvalue weighted by Crippen LogP contribution is -2.21. The maximum absolute atomic E-state index is 13.1. The van der Waals surface area contributed by atoms with Gasteiger partial charge >= 0.3 is 5.97 Å². The largest absolute Gasteiger partial charge is 0.452 e. The van der Waals surface area contributed by atoms with Crippen molar-refractivity contribution in [1.29, 1.82) is 0 Å². The Balaban J connectivity index is 2.04. The van der Waals surface area contributed by atoms with Gasteiger partial charge in [0.05, 0.1) is 9.95 Å². The second-order valence-corrected chi connectivity index (χ2v) is 6.18. The lowest BCUT2D eigenvalue weighted by Gasteiger charge is -2.08. The molecule has 0 bridgehead atoms. The summed E-state index contributed by atoms with van der Waals surface area (Å²) in [7, 11) is 0. The molecule has 0 spiro atoms. The van der Waals surface area contributed by atoms with Gasteiger partial charge in [-0.2, -0.15) is 0 Å². The maximum atomic E-state index is 13.1. The third-order valence-corrected chi connectivity index (χ3v) is 4.17. The molecule has 0 saturated heterocycles. The number of nitrogens with one attached hydrogen (secondary N) is 1. The molecule has 7 nitrogen and oxygen atoms in total. The van der Waals surface area contributed by atoms with Gasteiger partial charge in [0.1, 0.15) is 11.4 Å². The molecule has 136 valence electrons. The molecule has 0 fully saturated rings. The first-order chi connectivity index (χ1) is 12.3. The van der Waals surface area contributed by atoms with Gasteiger partial charge in [0.15, 0.2) is 6.61 Å². The Labute approximate surface area is 156 Å². The van der Waals surface area contributed by atoms with Gasteiger partial charge < -0.3 is 10.1 Å². The van der Waals surface area contributed by atoms with Crippen molar-refractivity contribution in [2.45, 2.75) is 4.90 Å². The molecule has 0 atom stereocenters. The van der Waals surface area contributed by atoms with Crippen molar-refractivity contribution in [3.05, 3.63) is 62.9 Å². The van der Waals surface area contributed by atoms with Crippen LogP contribution in [0.4, 0.5) is 15.8 Å². The summed E-state index contributed by atoms with van der Waals surface area (Å²) in [5.41, 5.74) is -0.453. The fraction of sp³-hybridized carbons (Fsp3) is 0.125. The molecule has 1 N–H and O–H groups in total. The van der Waals surface area contributed by atoms with Crippen LogP contribution < -0.4 is 5.32 Å². The van der Waals surface area contributed by atoms with Crippen LogP contribution in [0, 0.1) is 15.9 Å². The fourth-order valence-electron chi connectivity index (χ4n) is 1.94. The number of amides is 1. The first-order valence-electron chi connectivity index (χ1n) is 7.06. The van der Waals surface area contributed by atoms with Crippen molar-refractivity contribution in [2.24, 2.45) is 0 Å². The van der Waals surface area contributed by atoms with Gasteiger partial charge in [-0.05, 0) is 36.6 Å². The summed E-state index contributed by atoms with van der Waals surface area (Å²) < 4.78 is 17.9. The topological polar surface area (TPSA) is 98.5 Å². The van der Waals surface area contributed by atoms with Crippen LogP contribution in [-0.2, 0) is 9.53 Å². The van der Waals surface area contributed by atoms with E-state index in [0.29, 0.717) is 4.90 Å². The number of carbonyl (C=O) groups is 2. The fourth-order valence-corrected chi connectivity index (χ4v) is 2.56. The molecule has 0 aromatic heterocycles. The number of hydrogen-bond donors (Lipinski definition) is 1. The minimum atomic E-state index is -1.00. The van der Waals surface area contributed by atoms with Crippen LogP contribution in [0.5, 0.6) is 0 Å². The third-order valence-electron chi connectivity index (χ3n) is 3.16. The van der Waals surface area contributed by atoms with Crippen LogP contribution in [0.1, 0.15) is 10.4 Å². The number of halogens is 2. The number of carbonyl (C=O) groups excluding carboxylic acids is 2. The van der Waals surface area contributed by atoms with E-state index < -0.39 is 34.9 Å². The van der Waals surface area contributed by atoms with E-state index in [-0.39, 0.29) is 16.3 Å². The van der Waals surface area contributed by atoms with E-state index in [2.05, 4.69) is 5.32 Å². The van der Waals surface area contributed by atoms with Crippen molar-refractivity contribution in [3.8, 4) is 0 Å². The first-order valence-corrected chi connectivity index (χ1v) is 8.66. The zero-order valence-corrected chi connectivity index (χ0v) is 14.9. The van der Waals surface area contributed by atoms with Gasteiger partial charge in [-0.25, -0.2) is 9.18 Å². The molecular weight excluding hydrogens is 387 g/mol. The highest BCUT2D eigenvalue weighted by Crippen LogP contribution is 2.25. The SMILES string of the molecule is CSc1ccc([N+](=O)[O-])c(C(=O)OCC(=O)Nc2ccc(F)c(Cl)c2)c1. The van der Waals surface area contributed by atoms with E-state index in [1.54, 1.807) is 6.26 Å². The minimum absolute atomic E-state index is 0.177. The van der Waals surface area contributed by atoms with Crippen LogP contribution in [-0.4, -0.2) is 29.7 Å². The molecule has 0 aliphatic carbocycles. The van der Waals surface area contributed by atoms with Crippen molar-refractivity contribution >= 4 is 46.6 Å². The zero-order chi connectivity index (χ0) is 19.3. The van der Waals surface area contributed by atoms with E-state index in [4.69, 9.17) is 16.3 Å². The molecule has 2 aromatic rings. The number of esters is 1. The highest BCUT2D eigenvalue weighted by Gasteiger charge is 2.22. The number of thioether (sulfide) groups is 1. The van der Waals surface area contributed by atoms with Gasteiger partial charge in [0.2, 0.25) is 0 Å². The Kier molecular flexibility index (Phi) is 6.53. The summed E-state index contributed by atoms with van der Waals surface area (Å²) >= 11 is 6.90. The van der Waals surface area contributed by atoms with E-state index in [0.717, 1.165) is 6.07 Å². The summed E-state index contributed by atoms with van der Waals surface area (Å²) in [6.45, 7) is -0.672. The molecule has 10 heteroatoms. The van der Waals surface area contributed by atoms with Gasteiger partial charge in [0, 0.05) is 16.6 Å². The summed E-state index contributed by atoms with van der Waals surface area (Å²) in [6.07, 6.45) is 1.75. The maximum Gasteiger partial charge on any atom is 0.345 e. The number of nitro groups is 1. The Bertz CT molecular complexity index is 878. The second-order valence-electron chi connectivity index (χ2n) is 4.89. The molecule has 2 aromatic carbocycles. The van der Waals surface area contributed by atoms with Crippen LogP contribution in [0.2, 0.25) is 5.02 Å². The first kappa shape index (κ1) is 19.7. The summed E-state index contributed by atoms with van der Waals surface area (Å²) in [5, 5.41) is 13.2. The molecule has 0 saturated carbocycles. The number of benzene rings is 2. The number of anilines is 1. The van der Waals surface area contributed by atoms with Gasteiger partial charge in [0.25, 0.3) is 11.6 Å². The lowest BCUT2D eigenvalue weighted by molar-refractivity contribution is -0.385. The third kappa shape index (κ3) is 4.93. The Morgan fingerprint density at radius 1 is 1.31 bits per heavy atom. The number of hydrogen-bond acceptors (Lipinski definition) is 6. The van der Waals surface area contributed by atoms with E-state index in [9.17, 15) is 24.1 Å². The molecular formula is C16H12ClFN2O5S. The molecule has 1 amide bonds. The van der Waals surface area contributed by atoms with Crippen LogP contribution in [0.3, 0.4) is 0 Å². The minimum Gasteiger partial charge on any atom is -0.452 e. The number of nitro benzene ring substituents is 1. The Morgan fingerprint density at radius 3 is 2.65 bits per heavy atom. The number of rotatable bonds is 6. The highest BCUT2D eigenvalue weighted by atomic mass is 35.5. The van der Waals surface area contributed by atoms with Crippen LogP contribution in [0.15, 0.2) is 41.3 Å². The molecule has 0 unspecified atom stereocenters. The van der Waals surface area contributed by atoms with E-state index in [1.807, 2.05) is 0 Å². The molecule has 0 heterocycles. The molecule has 0 aliphatic rings.